The molecule has 2 atom stereocenters. The molecule has 0 aliphatic carbocycles. The topological polar surface area (TPSA) is 58.6 Å². The number of hydrogen-bond acceptors (Lipinski definition) is 4. The van der Waals surface area contributed by atoms with Crippen LogP contribution in [0.1, 0.15) is 16.7 Å². The smallest absolute Gasteiger partial charge is 0.131 e. The summed E-state index contributed by atoms with van der Waals surface area (Å²) in [6, 6.07) is 13.1. The Bertz CT molecular complexity index is 732. The van der Waals surface area contributed by atoms with E-state index in [0.717, 1.165) is 16.7 Å². The van der Waals surface area contributed by atoms with Gasteiger partial charge in [0, 0.05) is 34.1 Å². The molecule has 2 unspecified atom stereocenters. The van der Waals surface area contributed by atoms with Crippen LogP contribution in [0.4, 0.5) is 0 Å². The normalized spacial score (nSPS) is 21.2. The van der Waals surface area contributed by atoms with Crippen molar-refractivity contribution in [2.24, 2.45) is 0 Å². The van der Waals surface area contributed by atoms with E-state index in [-0.39, 0.29) is 0 Å². The first kappa shape index (κ1) is 15.2. The summed E-state index contributed by atoms with van der Waals surface area (Å²) in [5.74, 6) is 0.677. The number of para-hydroxylation sites is 1. The van der Waals surface area contributed by atoms with E-state index in [1.165, 1.54) is 0 Å². The van der Waals surface area contributed by atoms with Gasteiger partial charge in [-0.3, -0.25) is 4.21 Å². The fourth-order valence-electron chi connectivity index (χ4n) is 2.93. The van der Waals surface area contributed by atoms with Crippen molar-refractivity contribution in [2.75, 3.05) is 19.8 Å². The van der Waals surface area contributed by atoms with Crippen LogP contribution in [0.3, 0.4) is 0 Å². The van der Waals surface area contributed by atoms with Gasteiger partial charge in [0.25, 0.3) is 0 Å². The van der Waals surface area contributed by atoms with Crippen LogP contribution >= 0.6 is 0 Å². The minimum Gasteiger partial charge on any atom is -0.488 e. The molecule has 1 aliphatic heterocycles. The van der Waals surface area contributed by atoms with Gasteiger partial charge in [-0.2, -0.15) is 0 Å². The second-order valence-corrected chi connectivity index (χ2v) is 6.83. The number of benzene rings is 2. The second kappa shape index (κ2) is 5.83. The summed E-state index contributed by atoms with van der Waals surface area (Å²) >= 11 is 0. The molecule has 2 aromatic carbocycles. The van der Waals surface area contributed by atoms with Crippen molar-refractivity contribution in [1.82, 2.24) is 5.32 Å². The van der Waals surface area contributed by atoms with Gasteiger partial charge in [0.05, 0.1) is 0 Å². The maximum absolute atomic E-state index is 11.8. The molecule has 0 aromatic heterocycles. The Morgan fingerprint density at radius 1 is 1.27 bits per heavy atom. The van der Waals surface area contributed by atoms with Gasteiger partial charge >= 0.3 is 0 Å². The van der Waals surface area contributed by atoms with E-state index >= 15 is 0 Å². The number of aliphatic hydroxyl groups is 1. The van der Waals surface area contributed by atoms with Crippen molar-refractivity contribution in [3.8, 4) is 5.75 Å². The highest BCUT2D eigenvalue weighted by Gasteiger charge is 2.38. The van der Waals surface area contributed by atoms with Crippen LogP contribution in [-0.2, 0) is 23.0 Å². The van der Waals surface area contributed by atoms with E-state index in [1.54, 1.807) is 13.3 Å². The Kier molecular flexibility index (Phi) is 4.04. The van der Waals surface area contributed by atoms with Crippen LogP contribution < -0.4 is 10.1 Å². The summed E-state index contributed by atoms with van der Waals surface area (Å²) in [7, 11) is 0.699. The summed E-state index contributed by atoms with van der Waals surface area (Å²) in [6.07, 6.45) is 1.64. The fraction of sp³-hybridized carbons (Fsp3) is 0.294. The van der Waals surface area contributed by atoms with Crippen molar-refractivity contribution in [3.63, 3.8) is 0 Å². The van der Waals surface area contributed by atoms with Crippen molar-refractivity contribution in [2.45, 2.75) is 17.1 Å². The third-order valence-electron chi connectivity index (χ3n) is 4.01. The first-order valence-electron chi connectivity index (χ1n) is 7.12. The molecule has 0 bridgehead atoms. The maximum Gasteiger partial charge on any atom is 0.131 e. The molecule has 0 fully saturated rings. The summed E-state index contributed by atoms with van der Waals surface area (Å²) in [5.41, 5.74) is 1.16. The zero-order chi connectivity index (χ0) is 15.7. The first-order valence-corrected chi connectivity index (χ1v) is 8.68. The van der Waals surface area contributed by atoms with Gasteiger partial charge in [-0.1, -0.05) is 24.3 Å². The molecule has 3 rings (SSSR count). The molecule has 0 amide bonds. The third kappa shape index (κ3) is 2.45. The summed E-state index contributed by atoms with van der Waals surface area (Å²) < 4.78 is 17.7. The maximum atomic E-state index is 11.8. The molecule has 1 aliphatic rings. The zero-order valence-corrected chi connectivity index (χ0v) is 13.4. The number of nitrogens with one attached hydrogen (secondary N) is 1. The van der Waals surface area contributed by atoms with Crippen LogP contribution in [0.5, 0.6) is 5.75 Å². The summed E-state index contributed by atoms with van der Waals surface area (Å²) in [6.45, 7) is 0.731. The molecule has 0 spiro atoms. The monoisotopic (exact) mass is 317 g/mol. The molecule has 116 valence electrons. The minimum absolute atomic E-state index is 0.347. The SMILES string of the molecule is CNCC1(O)c2cc(S(C)=O)ccc2COc2ccccc21. The van der Waals surface area contributed by atoms with E-state index in [4.69, 9.17) is 4.74 Å². The largest absolute Gasteiger partial charge is 0.488 e. The first-order chi connectivity index (χ1) is 10.6. The van der Waals surface area contributed by atoms with Crippen LogP contribution in [0.15, 0.2) is 47.4 Å². The molecule has 2 aromatic rings. The highest BCUT2D eigenvalue weighted by molar-refractivity contribution is 7.84. The van der Waals surface area contributed by atoms with E-state index in [1.807, 2.05) is 42.5 Å². The lowest BCUT2D eigenvalue weighted by Gasteiger charge is -2.30. The van der Waals surface area contributed by atoms with Crippen molar-refractivity contribution < 1.29 is 14.1 Å². The Labute approximate surface area is 132 Å². The number of hydrogen-bond donors (Lipinski definition) is 2. The molecule has 2 N–H and O–H groups in total. The Morgan fingerprint density at radius 3 is 2.77 bits per heavy atom. The van der Waals surface area contributed by atoms with Gasteiger partial charge in [-0.25, -0.2) is 0 Å². The van der Waals surface area contributed by atoms with Crippen LogP contribution in [0.25, 0.3) is 0 Å². The van der Waals surface area contributed by atoms with Gasteiger partial charge in [0.15, 0.2) is 0 Å². The Hall–Kier alpha value is -1.69. The summed E-state index contributed by atoms with van der Waals surface area (Å²) in [5, 5.41) is 14.5. The van der Waals surface area contributed by atoms with Gasteiger partial charge in [0.2, 0.25) is 0 Å². The van der Waals surface area contributed by atoms with E-state index in [2.05, 4.69) is 5.32 Å². The molecule has 22 heavy (non-hydrogen) atoms. The molecule has 0 saturated heterocycles. The molecular formula is C17H19NO3S. The predicted octanol–water partition coefficient (Wildman–Crippen LogP) is 1.77. The van der Waals surface area contributed by atoms with Gasteiger partial charge in [-0.15, -0.1) is 0 Å². The number of fused-ring (bicyclic) bond motifs is 2. The van der Waals surface area contributed by atoms with Gasteiger partial charge in [-0.05, 0) is 36.4 Å². The Balaban J connectivity index is 2.26. The van der Waals surface area contributed by atoms with E-state index < -0.39 is 16.4 Å². The van der Waals surface area contributed by atoms with Crippen LogP contribution in [0, 0.1) is 0 Å². The summed E-state index contributed by atoms with van der Waals surface area (Å²) in [4.78, 5) is 0.702. The second-order valence-electron chi connectivity index (χ2n) is 5.45. The van der Waals surface area contributed by atoms with Gasteiger partial charge < -0.3 is 15.2 Å². The van der Waals surface area contributed by atoms with Crippen molar-refractivity contribution in [3.05, 3.63) is 59.2 Å². The lowest BCUT2D eigenvalue weighted by molar-refractivity contribution is 0.0813. The fourth-order valence-corrected chi connectivity index (χ4v) is 3.47. The average Bonchev–Trinajstić information content (AvgIpc) is 2.64. The lowest BCUT2D eigenvalue weighted by Crippen LogP contribution is -2.38. The predicted molar refractivity (Wildman–Crippen MR) is 86.5 cm³/mol. The number of ether oxygens (including phenoxy) is 1. The van der Waals surface area contributed by atoms with Crippen LogP contribution in [-0.4, -0.2) is 29.2 Å². The number of likely N-dealkylation sites (N-methyl/N-ethyl adjacent to an activating group) is 1. The average molecular weight is 317 g/mol. The standard InChI is InChI=1S/C17H19NO3S/c1-18-11-17(19)14-5-3-4-6-16(14)21-10-12-7-8-13(22(2)20)9-15(12)17/h3-9,18-19H,10-11H2,1-2H3. The number of rotatable bonds is 3. The molecule has 4 nitrogen and oxygen atoms in total. The van der Waals surface area contributed by atoms with Crippen LogP contribution in [0.2, 0.25) is 0 Å². The minimum atomic E-state index is -1.22. The van der Waals surface area contributed by atoms with Crippen molar-refractivity contribution in [1.29, 1.82) is 0 Å². The molecule has 1 heterocycles. The van der Waals surface area contributed by atoms with Gasteiger partial charge in [0.1, 0.15) is 18.0 Å². The highest BCUT2D eigenvalue weighted by atomic mass is 32.2. The zero-order valence-electron chi connectivity index (χ0n) is 12.6. The quantitative estimate of drug-likeness (QED) is 0.906. The highest BCUT2D eigenvalue weighted by Crippen LogP contribution is 2.40. The molecular weight excluding hydrogens is 298 g/mol. The van der Waals surface area contributed by atoms with E-state index in [0.29, 0.717) is 23.8 Å². The molecule has 0 radical (unpaired) electrons. The van der Waals surface area contributed by atoms with E-state index in [9.17, 15) is 9.32 Å². The Morgan fingerprint density at radius 2 is 2.05 bits per heavy atom. The van der Waals surface area contributed by atoms with Crippen molar-refractivity contribution >= 4 is 10.8 Å². The lowest BCUT2D eigenvalue weighted by atomic mass is 9.84. The third-order valence-corrected chi connectivity index (χ3v) is 4.93. The molecule has 0 saturated carbocycles. The molecule has 5 heteroatoms.